The van der Waals surface area contributed by atoms with Crippen molar-refractivity contribution in [3.05, 3.63) is 34.3 Å². The molecule has 5 heteroatoms. The predicted octanol–water partition coefficient (Wildman–Crippen LogP) is 2.24. The number of amides is 3. The van der Waals surface area contributed by atoms with Crippen LogP contribution in [0.1, 0.15) is 19.4 Å². The molecule has 4 nitrogen and oxygen atoms in total. The number of carbonyl (C=O) groups excluding carboxylic acids is 2. The summed E-state index contributed by atoms with van der Waals surface area (Å²) in [6, 6.07) is 7.07. The van der Waals surface area contributed by atoms with Gasteiger partial charge in [-0.25, -0.2) is 4.79 Å². The number of nitrogens with one attached hydrogen (secondary N) is 1. The van der Waals surface area contributed by atoms with E-state index in [1.807, 2.05) is 24.3 Å². The fourth-order valence-electron chi connectivity index (χ4n) is 2.03. The molecule has 2 rings (SSSR count). The third kappa shape index (κ3) is 1.74. The van der Waals surface area contributed by atoms with E-state index in [-0.39, 0.29) is 11.9 Å². The molecule has 0 saturated carbocycles. The average molecular weight is 297 g/mol. The molecule has 1 saturated heterocycles. The molecule has 0 bridgehead atoms. The van der Waals surface area contributed by atoms with E-state index in [1.54, 1.807) is 13.8 Å². The van der Waals surface area contributed by atoms with E-state index in [1.165, 1.54) is 4.90 Å². The highest BCUT2D eigenvalue weighted by Gasteiger charge is 2.48. The number of hydrogen-bond donors (Lipinski definition) is 1. The highest BCUT2D eigenvalue weighted by molar-refractivity contribution is 9.10. The normalized spacial score (nSPS) is 24.1. The van der Waals surface area contributed by atoms with Crippen molar-refractivity contribution in [1.29, 1.82) is 0 Å². The van der Waals surface area contributed by atoms with Crippen molar-refractivity contribution in [3.63, 3.8) is 0 Å². The first-order valence-electron chi connectivity index (χ1n) is 5.40. The average Bonchev–Trinajstić information content (AvgIpc) is 2.51. The quantitative estimate of drug-likeness (QED) is 0.851. The fraction of sp³-hybridized carbons (Fsp3) is 0.333. The zero-order chi connectivity index (χ0) is 12.6. The lowest BCUT2D eigenvalue weighted by molar-refractivity contribution is -0.130. The van der Waals surface area contributed by atoms with E-state index < -0.39 is 5.54 Å². The maximum atomic E-state index is 12.2. The van der Waals surface area contributed by atoms with Gasteiger partial charge in [0, 0.05) is 16.6 Å². The number of benzene rings is 1. The van der Waals surface area contributed by atoms with Gasteiger partial charge in [0.1, 0.15) is 5.54 Å². The van der Waals surface area contributed by atoms with Gasteiger partial charge >= 0.3 is 6.03 Å². The van der Waals surface area contributed by atoms with Gasteiger partial charge in [-0.05, 0) is 19.9 Å². The van der Waals surface area contributed by atoms with Gasteiger partial charge in [-0.1, -0.05) is 34.1 Å². The molecule has 0 spiro atoms. The van der Waals surface area contributed by atoms with E-state index in [9.17, 15) is 9.59 Å². The Morgan fingerprint density at radius 2 is 2.00 bits per heavy atom. The Kier molecular flexibility index (Phi) is 2.95. The number of urea groups is 1. The molecule has 1 aliphatic heterocycles. The summed E-state index contributed by atoms with van der Waals surface area (Å²) in [4.78, 5) is 25.2. The van der Waals surface area contributed by atoms with Gasteiger partial charge in [0.25, 0.3) is 5.91 Å². The molecule has 0 radical (unpaired) electrons. The standard InChI is InChI=1S/C12H13BrN2O2/c1-3-15-10(16)12(2,14-11(15)17)8-6-4-5-7-9(8)13/h4-7H,3H2,1-2H3,(H,14,17)/t12-/m1/s1. The number of likely N-dealkylation sites (N-methyl/N-ethyl adjacent to an activating group) is 1. The number of rotatable bonds is 2. The Morgan fingerprint density at radius 3 is 2.53 bits per heavy atom. The van der Waals surface area contributed by atoms with Gasteiger partial charge in [0.15, 0.2) is 0 Å². The molecule has 1 fully saturated rings. The maximum absolute atomic E-state index is 12.2. The van der Waals surface area contributed by atoms with Crippen LogP contribution in [0.4, 0.5) is 4.79 Å². The zero-order valence-corrected chi connectivity index (χ0v) is 11.2. The van der Waals surface area contributed by atoms with E-state index >= 15 is 0 Å². The molecule has 3 amide bonds. The monoisotopic (exact) mass is 296 g/mol. The van der Waals surface area contributed by atoms with Crippen LogP contribution in [-0.2, 0) is 10.3 Å². The molecule has 1 heterocycles. The molecule has 0 aliphatic carbocycles. The first-order valence-corrected chi connectivity index (χ1v) is 6.19. The van der Waals surface area contributed by atoms with Gasteiger partial charge in [-0.2, -0.15) is 0 Å². The summed E-state index contributed by atoms with van der Waals surface area (Å²) in [7, 11) is 0. The second kappa shape index (κ2) is 4.14. The van der Waals surface area contributed by atoms with Crippen molar-refractivity contribution in [1.82, 2.24) is 10.2 Å². The fourth-order valence-corrected chi connectivity index (χ4v) is 2.71. The van der Waals surface area contributed by atoms with Crippen LogP contribution in [0.5, 0.6) is 0 Å². The van der Waals surface area contributed by atoms with Crippen LogP contribution < -0.4 is 5.32 Å². The summed E-state index contributed by atoms with van der Waals surface area (Å²) in [5.74, 6) is -0.211. The van der Waals surface area contributed by atoms with E-state index in [4.69, 9.17) is 0 Å². The summed E-state index contributed by atoms with van der Waals surface area (Å²) in [5, 5.41) is 2.75. The number of hydrogen-bond acceptors (Lipinski definition) is 2. The van der Waals surface area contributed by atoms with Crippen molar-refractivity contribution in [2.75, 3.05) is 6.54 Å². The smallest absolute Gasteiger partial charge is 0.319 e. The van der Waals surface area contributed by atoms with Gasteiger partial charge in [0.2, 0.25) is 0 Å². The minimum atomic E-state index is -0.979. The lowest BCUT2D eigenvalue weighted by Crippen LogP contribution is -2.41. The van der Waals surface area contributed by atoms with Crippen molar-refractivity contribution in [2.45, 2.75) is 19.4 Å². The molecule has 1 aliphatic rings. The Bertz CT molecular complexity index is 489. The van der Waals surface area contributed by atoms with Crippen molar-refractivity contribution >= 4 is 27.9 Å². The van der Waals surface area contributed by atoms with Gasteiger partial charge in [-0.15, -0.1) is 0 Å². The molecular weight excluding hydrogens is 284 g/mol. The molecule has 17 heavy (non-hydrogen) atoms. The van der Waals surface area contributed by atoms with E-state index in [0.29, 0.717) is 6.54 Å². The van der Waals surface area contributed by atoms with Crippen molar-refractivity contribution < 1.29 is 9.59 Å². The third-order valence-corrected chi connectivity index (χ3v) is 3.70. The molecular formula is C12H13BrN2O2. The van der Waals surface area contributed by atoms with E-state index in [2.05, 4.69) is 21.2 Å². The van der Waals surface area contributed by atoms with E-state index in [0.717, 1.165) is 10.0 Å². The lowest BCUT2D eigenvalue weighted by Gasteiger charge is -2.23. The van der Waals surface area contributed by atoms with Crippen LogP contribution in [0.3, 0.4) is 0 Å². The molecule has 0 unspecified atom stereocenters. The Hall–Kier alpha value is -1.36. The Morgan fingerprint density at radius 1 is 1.35 bits per heavy atom. The predicted molar refractivity (Wildman–Crippen MR) is 67.4 cm³/mol. The third-order valence-electron chi connectivity index (χ3n) is 3.00. The maximum Gasteiger partial charge on any atom is 0.325 e. The first kappa shape index (κ1) is 12.1. The molecule has 90 valence electrons. The van der Waals surface area contributed by atoms with Crippen LogP contribution >= 0.6 is 15.9 Å². The molecule has 1 N–H and O–H groups in total. The molecule has 0 aromatic heterocycles. The van der Waals surface area contributed by atoms with Crippen LogP contribution in [0.15, 0.2) is 28.7 Å². The summed E-state index contributed by atoms with van der Waals surface area (Å²) >= 11 is 3.41. The van der Waals surface area contributed by atoms with Crippen LogP contribution in [-0.4, -0.2) is 23.4 Å². The van der Waals surface area contributed by atoms with Crippen LogP contribution in [0, 0.1) is 0 Å². The lowest BCUT2D eigenvalue weighted by atomic mass is 9.92. The first-order chi connectivity index (χ1) is 8.00. The number of halogens is 1. The second-order valence-electron chi connectivity index (χ2n) is 4.08. The SMILES string of the molecule is CCN1C(=O)N[C@](C)(c2ccccc2Br)C1=O. The second-order valence-corrected chi connectivity index (χ2v) is 4.94. The number of nitrogens with zero attached hydrogens (tertiary/aromatic N) is 1. The van der Waals surface area contributed by atoms with Crippen LogP contribution in [0.2, 0.25) is 0 Å². The highest BCUT2D eigenvalue weighted by Crippen LogP contribution is 2.33. The summed E-state index contributed by atoms with van der Waals surface area (Å²) in [6.45, 7) is 3.89. The topological polar surface area (TPSA) is 49.4 Å². The molecule has 1 aromatic rings. The van der Waals surface area contributed by atoms with Gasteiger partial charge in [-0.3, -0.25) is 9.69 Å². The highest BCUT2D eigenvalue weighted by atomic mass is 79.9. The number of carbonyl (C=O) groups is 2. The summed E-state index contributed by atoms with van der Waals surface area (Å²) < 4.78 is 0.814. The summed E-state index contributed by atoms with van der Waals surface area (Å²) in [5.41, 5.74) is -0.206. The van der Waals surface area contributed by atoms with Crippen molar-refractivity contribution in [3.8, 4) is 0 Å². The minimum Gasteiger partial charge on any atom is -0.319 e. The largest absolute Gasteiger partial charge is 0.325 e. The van der Waals surface area contributed by atoms with Crippen LogP contribution in [0.25, 0.3) is 0 Å². The summed E-state index contributed by atoms with van der Waals surface area (Å²) in [6.07, 6.45) is 0. The van der Waals surface area contributed by atoms with Crippen molar-refractivity contribution in [2.24, 2.45) is 0 Å². The Labute approximate surface area is 108 Å². The number of imide groups is 1. The zero-order valence-electron chi connectivity index (χ0n) is 9.66. The molecule has 1 aromatic carbocycles. The Balaban J connectivity index is 2.49. The van der Waals surface area contributed by atoms with Gasteiger partial charge in [0.05, 0.1) is 0 Å². The van der Waals surface area contributed by atoms with Gasteiger partial charge < -0.3 is 5.32 Å². The minimum absolute atomic E-state index is 0.211. The molecule has 1 atom stereocenters.